The van der Waals surface area contributed by atoms with Crippen molar-refractivity contribution in [3.63, 3.8) is 0 Å². The second kappa shape index (κ2) is 14.3. The van der Waals surface area contributed by atoms with E-state index in [9.17, 15) is 14.2 Å². The van der Waals surface area contributed by atoms with E-state index in [2.05, 4.69) is 0 Å². The Labute approximate surface area is 170 Å². The van der Waals surface area contributed by atoms with Gasteiger partial charge in [-0.1, -0.05) is 40.5 Å². The SMILES string of the molecule is COCCCCC(C)(C)C(=O)CO[P+](=O)OCC(=O)C(C)(C)CCCCOC. The largest absolute Gasteiger partial charge is 0.698 e. The lowest BCUT2D eigenvalue weighted by Crippen LogP contribution is -2.28. The summed E-state index contributed by atoms with van der Waals surface area (Å²) in [4.78, 5) is 24.6. The smallest absolute Gasteiger partial charge is 0.385 e. The minimum atomic E-state index is -2.51. The van der Waals surface area contributed by atoms with Crippen LogP contribution >= 0.6 is 8.25 Å². The second-order valence-electron chi connectivity index (χ2n) is 8.28. The molecule has 164 valence electrons. The molecule has 28 heavy (non-hydrogen) atoms. The fourth-order valence-electron chi connectivity index (χ4n) is 2.56. The lowest BCUT2D eigenvalue weighted by Gasteiger charge is -2.22. The molecule has 7 nitrogen and oxygen atoms in total. The van der Waals surface area contributed by atoms with Crippen molar-refractivity contribution >= 4 is 19.8 Å². The maximum atomic E-state index is 12.3. The van der Waals surface area contributed by atoms with Gasteiger partial charge in [0.2, 0.25) is 0 Å². The van der Waals surface area contributed by atoms with E-state index in [-0.39, 0.29) is 24.8 Å². The maximum absolute atomic E-state index is 12.3. The summed E-state index contributed by atoms with van der Waals surface area (Å²) in [6.07, 6.45) is 4.90. The third-order valence-corrected chi connectivity index (χ3v) is 5.59. The van der Waals surface area contributed by atoms with E-state index in [1.807, 2.05) is 27.7 Å². The van der Waals surface area contributed by atoms with Crippen LogP contribution in [0.4, 0.5) is 0 Å². The third-order valence-electron chi connectivity index (χ3n) is 4.91. The number of carbonyl (C=O) groups is 2. The molecule has 0 rings (SSSR count). The van der Waals surface area contributed by atoms with Gasteiger partial charge in [-0.3, -0.25) is 9.59 Å². The number of methoxy groups -OCH3 is 2. The zero-order valence-corrected chi connectivity index (χ0v) is 19.3. The van der Waals surface area contributed by atoms with Gasteiger partial charge in [-0.2, -0.15) is 0 Å². The Balaban J connectivity index is 4.19. The molecule has 0 unspecified atom stereocenters. The van der Waals surface area contributed by atoms with Gasteiger partial charge in [-0.15, -0.1) is 9.05 Å². The molecule has 0 saturated heterocycles. The van der Waals surface area contributed by atoms with Crippen molar-refractivity contribution in [3.05, 3.63) is 0 Å². The fourth-order valence-corrected chi connectivity index (χ4v) is 3.08. The van der Waals surface area contributed by atoms with Crippen LogP contribution in [0.25, 0.3) is 0 Å². The average molecular weight is 421 g/mol. The van der Waals surface area contributed by atoms with E-state index in [0.717, 1.165) is 25.7 Å². The first-order chi connectivity index (χ1) is 13.1. The topological polar surface area (TPSA) is 88.1 Å². The molecule has 0 atom stereocenters. The van der Waals surface area contributed by atoms with Crippen LogP contribution in [-0.2, 0) is 32.7 Å². The van der Waals surface area contributed by atoms with Crippen molar-refractivity contribution in [2.45, 2.75) is 66.2 Å². The Morgan fingerprint density at radius 3 is 1.39 bits per heavy atom. The molecule has 0 amide bonds. The van der Waals surface area contributed by atoms with Gasteiger partial charge in [-0.25, -0.2) is 0 Å². The van der Waals surface area contributed by atoms with Gasteiger partial charge < -0.3 is 9.47 Å². The summed E-state index contributed by atoms with van der Waals surface area (Å²) in [6.45, 7) is 8.12. The van der Waals surface area contributed by atoms with Crippen molar-refractivity contribution in [2.75, 3.05) is 40.6 Å². The van der Waals surface area contributed by atoms with Crippen LogP contribution in [0, 0.1) is 10.8 Å². The number of carbonyl (C=O) groups excluding carboxylic acids is 2. The van der Waals surface area contributed by atoms with Crippen LogP contribution in [0.2, 0.25) is 0 Å². The number of hydrogen-bond donors (Lipinski definition) is 0. The third kappa shape index (κ3) is 12.0. The molecule has 0 aliphatic carbocycles. The van der Waals surface area contributed by atoms with Crippen molar-refractivity contribution in [2.24, 2.45) is 10.8 Å². The van der Waals surface area contributed by atoms with Crippen molar-refractivity contribution < 1.29 is 32.7 Å². The van der Waals surface area contributed by atoms with Gasteiger partial charge in [-0.05, 0) is 25.7 Å². The molecule has 0 radical (unpaired) electrons. The molecular weight excluding hydrogens is 383 g/mol. The molecule has 0 aromatic rings. The molecule has 0 saturated carbocycles. The summed E-state index contributed by atoms with van der Waals surface area (Å²) in [6, 6.07) is 0. The Bertz CT molecular complexity index is 447. The predicted octanol–water partition coefficient (Wildman–Crippen LogP) is 4.50. The van der Waals surface area contributed by atoms with Crippen LogP contribution in [0.15, 0.2) is 0 Å². The number of hydrogen-bond acceptors (Lipinski definition) is 7. The number of ether oxygens (including phenoxy) is 2. The van der Waals surface area contributed by atoms with E-state index in [1.165, 1.54) is 0 Å². The minimum absolute atomic E-state index is 0.137. The normalized spacial score (nSPS) is 12.2. The van der Waals surface area contributed by atoms with Gasteiger partial charge in [0.25, 0.3) is 0 Å². The molecule has 8 heteroatoms. The summed E-state index contributed by atoms with van der Waals surface area (Å²) in [7, 11) is 0.785. The van der Waals surface area contributed by atoms with Crippen molar-refractivity contribution in [1.29, 1.82) is 0 Å². The molecule has 0 aliphatic rings. The standard InChI is InChI=1S/C20H38O7P/c1-19(2,11-7-9-13-24-5)17(21)15-26-28(23)27-16-18(22)20(3,4)12-8-10-14-25-6/h7-16H2,1-6H3/q+1. The zero-order valence-electron chi connectivity index (χ0n) is 18.4. The van der Waals surface area contributed by atoms with Crippen LogP contribution in [-0.4, -0.2) is 52.2 Å². The lowest BCUT2D eigenvalue weighted by molar-refractivity contribution is -0.130. The number of unbranched alkanes of at least 4 members (excludes halogenated alkanes) is 2. The molecule has 0 N–H and O–H groups in total. The highest BCUT2D eigenvalue weighted by atomic mass is 31.1. The van der Waals surface area contributed by atoms with Gasteiger partial charge in [0.15, 0.2) is 24.8 Å². The van der Waals surface area contributed by atoms with E-state index >= 15 is 0 Å². The summed E-state index contributed by atoms with van der Waals surface area (Å²) in [5.74, 6) is -0.275. The van der Waals surface area contributed by atoms with Crippen molar-refractivity contribution in [1.82, 2.24) is 0 Å². The molecule has 0 fully saturated rings. The summed E-state index contributed by atoms with van der Waals surface area (Å²) < 4.78 is 31.9. The van der Waals surface area contributed by atoms with Gasteiger partial charge in [0.05, 0.1) is 0 Å². The van der Waals surface area contributed by atoms with Crippen LogP contribution < -0.4 is 0 Å². The minimum Gasteiger partial charge on any atom is -0.385 e. The molecule has 0 aromatic carbocycles. The number of rotatable bonds is 18. The van der Waals surface area contributed by atoms with Gasteiger partial charge >= 0.3 is 8.25 Å². The summed E-state index contributed by atoms with van der Waals surface area (Å²) in [5, 5.41) is 0. The quantitative estimate of drug-likeness (QED) is 0.238. The molecule has 0 aliphatic heterocycles. The molecule has 0 bridgehead atoms. The monoisotopic (exact) mass is 421 g/mol. The highest BCUT2D eigenvalue weighted by molar-refractivity contribution is 7.33. The van der Waals surface area contributed by atoms with E-state index < -0.39 is 19.1 Å². The van der Waals surface area contributed by atoms with Crippen LogP contribution in [0.5, 0.6) is 0 Å². The van der Waals surface area contributed by atoms with Crippen molar-refractivity contribution in [3.8, 4) is 0 Å². The second-order valence-corrected chi connectivity index (χ2v) is 9.25. The number of Topliss-reactive ketones (excluding diaryl/α,β-unsaturated/α-hetero) is 2. The lowest BCUT2D eigenvalue weighted by atomic mass is 9.83. The van der Waals surface area contributed by atoms with E-state index in [1.54, 1.807) is 14.2 Å². The molecule has 0 spiro atoms. The molecule has 0 aromatic heterocycles. The average Bonchev–Trinajstić information content (AvgIpc) is 2.64. The first-order valence-electron chi connectivity index (χ1n) is 9.84. The molecular formula is C20H38O7P+. The zero-order chi connectivity index (χ0) is 21.6. The first kappa shape index (κ1) is 27.3. The number of ketones is 2. The predicted molar refractivity (Wildman–Crippen MR) is 109 cm³/mol. The Morgan fingerprint density at radius 1 is 0.714 bits per heavy atom. The van der Waals surface area contributed by atoms with E-state index in [4.69, 9.17) is 18.5 Å². The van der Waals surface area contributed by atoms with E-state index in [0.29, 0.717) is 26.1 Å². The maximum Gasteiger partial charge on any atom is 0.698 e. The Kier molecular flexibility index (Phi) is 13.9. The van der Waals surface area contributed by atoms with Gasteiger partial charge in [0, 0.05) is 42.8 Å². The van der Waals surface area contributed by atoms with Crippen LogP contribution in [0.3, 0.4) is 0 Å². The van der Waals surface area contributed by atoms with Crippen LogP contribution in [0.1, 0.15) is 66.2 Å². The first-order valence-corrected chi connectivity index (χ1v) is 10.9. The summed E-state index contributed by atoms with van der Waals surface area (Å²) in [5.41, 5.74) is -1.13. The Morgan fingerprint density at radius 2 is 1.07 bits per heavy atom. The highest BCUT2D eigenvalue weighted by Crippen LogP contribution is 2.31. The Hall–Kier alpha value is -0.720. The summed E-state index contributed by atoms with van der Waals surface area (Å²) >= 11 is 0. The molecule has 0 heterocycles. The fraction of sp³-hybridized carbons (Fsp3) is 0.900. The highest BCUT2D eigenvalue weighted by Gasteiger charge is 2.34. The van der Waals surface area contributed by atoms with Gasteiger partial charge in [0.1, 0.15) is 0 Å².